The second kappa shape index (κ2) is 7.68. The van der Waals surface area contributed by atoms with Crippen LogP contribution in [0.5, 0.6) is 0 Å². The van der Waals surface area contributed by atoms with Gasteiger partial charge in [0.25, 0.3) is 5.91 Å². The van der Waals surface area contributed by atoms with Crippen LogP contribution in [0.2, 0.25) is 0 Å². The molecular formula is C18H23N3O3. The highest BCUT2D eigenvalue weighted by molar-refractivity contribution is 5.94. The summed E-state index contributed by atoms with van der Waals surface area (Å²) in [6.45, 7) is 6.03. The topological polar surface area (TPSA) is 72.4 Å². The zero-order chi connectivity index (χ0) is 17.6. The Morgan fingerprint density at radius 1 is 1.00 bits per heavy atom. The molecule has 128 valence electrons. The first-order valence-corrected chi connectivity index (χ1v) is 7.83. The van der Waals surface area contributed by atoms with Crippen molar-refractivity contribution in [2.75, 3.05) is 13.1 Å². The van der Waals surface area contributed by atoms with E-state index in [0.717, 1.165) is 5.69 Å². The minimum absolute atomic E-state index is 0.181. The van der Waals surface area contributed by atoms with E-state index in [9.17, 15) is 9.59 Å². The number of nitrogens with one attached hydrogen (secondary N) is 2. The third-order valence-electron chi connectivity index (χ3n) is 3.11. The summed E-state index contributed by atoms with van der Waals surface area (Å²) in [5.74, 6) is -0.181. The highest BCUT2D eigenvalue weighted by Crippen LogP contribution is 2.10. The molecule has 2 rings (SSSR count). The Morgan fingerprint density at radius 3 is 2.17 bits per heavy atom. The standard InChI is InChI=1S/C18H23N3O3/c1-18(2,3)24-17(23)20-11-10-19-16(22)14-6-8-15(9-7-14)21-12-4-5-13-21/h4-9,12-13H,10-11H2,1-3H3,(H,19,22)(H,20,23). The fourth-order valence-corrected chi connectivity index (χ4v) is 2.05. The lowest BCUT2D eigenvalue weighted by molar-refractivity contribution is 0.0526. The molecule has 0 aliphatic carbocycles. The van der Waals surface area contributed by atoms with Gasteiger partial charge in [0.2, 0.25) is 0 Å². The highest BCUT2D eigenvalue weighted by atomic mass is 16.6. The fraction of sp³-hybridized carbons (Fsp3) is 0.333. The molecule has 2 aromatic rings. The van der Waals surface area contributed by atoms with Crippen molar-refractivity contribution in [3.63, 3.8) is 0 Å². The van der Waals surface area contributed by atoms with Crippen LogP contribution in [0.15, 0.2) is 48.8 Å². The van der Waals surface area contributed by atoms with Gasteiger partial charge in [-0.1, -0.05) is 0 Å². The van der Waals surface area contributed by atoms with Crippen molar-refractivity contribution in [1.82, 2.24) is 15.2 Å². The molecule has 0 aliphatic rings. The van der Waals surface area contributed by atoms with Crippen molar-refractivity contribution in [2.24, 2.45) is 0 Å². The van der Waals surface area contributed by atoms with Gasteiger partial charge in [0.15, 0.2) is 0 Å². The van der Waals surface area contributed by atoms with E-state index in [1.165, 1.54) is 0 Å². The summed E-state index contributed by atoms with van der Waals surface area (Å²) in [6.07, 6.45) is 3.39. The number of amides is 2. The Labute approximate surface area is 141 Å². The number of aromatic nitrogens is 1. The van der Waals surface area contributed by atoms with Crippen LogP contribution in [-0.4, -0.2) is 35.3 Å². The Kier molecular flexibility index (Phi) is 5.63. The van der Waals surface area contributed by atoms with Gasteiger partial charge < -0.3 is 19.9 Å². The predicted molar refractivity (Wildman–Crippen MR) is 92.3 cm³/mol. The maximum atomic E-state index is 12.1. The molecule has 0 fully saturated rings. The van der Waals surface area contributed by atoms with E-state index < -0.39 is 11.7 Å². The van der Waals surface area contributed by atoms with Gasteiger partial charge in [0.05, 0.1) is 0 Å². The lowest BCUT2D eigenvalue weighted by Crippen LogP contribution is -2.37. The first kappa shape index (κ1) is 17.6. The molecule has 6 heteroatoms. The van der Waals surface area contributed by atoms with Gasteiger partial charge >= 0.3 is 6.09 Å². The second-order valence-corrected chi connectivity index (χ2v) is 6.32. The summed E-state index contributed by atoms with van der Waals surface area (Å²) in [7, 11) is 0. The summed E-state index contributed by atoms with van der Waals surface area (Å²) in [4.78, 5) is 23.5. The number of hydrogen-bond acceptors (Lipinski definition) is 3. The number of rotatable bonds is 5. The third-order valence-corrected chi connectivity index (χ3v) is 3.11. The molecule has 0 unspecified atom stereocenters. The SMILES string of the molecule is CC(C)(C)OC(=O)NCCNC(=O)c1ccc(-n2cccc2)cc1. The number of carbonyl (C=O) groups excluding carboxylic acids is 2. The average molecular weight is 329 g/mol. The van der Waals surface area contributed by atoms with Gasteiger partial charge in [-0.2, -0.15) is 0 Å². The number of alkyl carbamates (subject to hydrolysis) is 1. The molecule has 0 bridgehead atoms. The Hall–Kier alpha value is -2.76. The molecule has 0 saturated carbocycles. The molecule has 1 heterocycles. The molecule has 0 radical (unpaired) electrons. The normalized spacial score (nSPS) is 11.0. The highest BCUT2D eigenvalue weighted by Gasteiger charge is 2.15. The van der Waals surface area contributed by atoms with Crippen molar-refractivity contribution in [3.8, 4) is 5.69 Å². The van der Waals surface area contributed by atoms with E-state index in [4.69, 9.17) is 4.74 Å². The first-order chi connectivity index (χ1) is 11.3. The van der Waals surface area contributed by atoms with E-state index in [1.807, 2.05) is 41.2 Å². The van der Waals surface area contributed by atoms with Crippen molar-refractivity contribution in [2.45, 2.75) is 26.4 Å². The van der Waals surface area contributed by atoms with Gasteiger partial charge in [0.1, 0.15) is 5.60 Å². The molecular weight excluding hydrogens is 306 g/mol. The number of ether oxygens (including phenoxy) is 1. The summed E-state index contributed by atoms with van der Waals surface area (Å²) in [5.41, 5.74) is 1.03. The van der Waals surface area contributed by atoms with Crippen LogP contribution < -0.4 is 10.6 Å². The largest absolute Gasteiger partial charge is 0.444 e. The lowest BCUT2D eigenvalue weighted by Gasteiger charge is -2.19. The van der Waals surface area contributed by atoms with Crippen molar-refractivity contribution >= 4 is 12.0 Å². The zero-order valence-corrected chi connectivity index (χ0v) is 14.2. The van der Waals surface area contributed by atoms with Crippen molar-refractivity contribution in [3.05, 3.63) is 54.4 Å². The molecule has 1 aromatic heterocycles. The Balaban J connectivity index is 1.76. The molecule has 0 saturated heterocycles. The monoisotopic (exact) mass is 329 g/mol. The van der Waals surface area contributed by atoms with Crippen LogP contribution in [0.4, 0.5) is 4.79 Å². The maximum Gasteiger partial charge on any atom is 0.407 e. The van der Waals surface area contributed by atoms with E-state index in [0.29, 0.717) is 18.7 Å². The van der Waals surface area contributed by atoms with Gasteiger partial charge in [-0.3, -0.25) is 4.79 Å². The molecule has 0 atom stereocenters. The number of benzene rings is 1. The first-order valence-electron chi connectivity index (χ1n) is 7.83. The smallest absolute Gasteiger partial charge is 0.407 e. The predicted octanol–water partition coefficient (Wildman–Crippen LogP) is 2.73. The second-order valence-electron chi connectivity index (χ2n) is 6.32. The van der Waals surface area contributed by atoms with E-state index >= 15 is 0 Å². The van der Waals surface area contributed by atoms with Crippen LogP contribution in [0, 0.1) is 0 Å². The molecule has 24 heavy (non-hydrogen) atoms. The summed E-state index contributed by atoms with van der Waals surface area (Å²) in [6, 6.07) is 11.2. The lowest BCUT2D eigenvalue weighted by atomic mass is 10.2. The minimum Gasteiger partial charge on any atom is -0.444 e. The minimum atomic E-state index is -0.533. The number of nitrogens with zero attached hydrogens (tertiary/aromatic N) is 1. The maximum absolute atomic E-state index is 12.1. The fourth-order valence-electron chi connectivity index (χ4n) is 2.05. The third kappa shape index (κ3) is 5.46. The quantitative estimate of drug-likeness (QED) is 0.829. The molecule has 0 aliphatic heterocycles. The molecule has 1 aromatic carbocycles. The van der Waals surface area contributed by atoms with Gasteiger partial charge in [-0.15, -0.1) is 0 Å². The van der Waals surface area contributed by atoms with E-state index in [2.05, 4.69) is 10.6 Å². The van der Waals surface area contributed by atoms with E-state index in [1.54, 1.807) is 32.9 Å². The van der Waals surface area contributed by atoms with Crippen LogP contribution in [0.1, 0.15) is 31.1 Å². The van der Waals surface area contributed by atoms with Crippen LogP contribution in [0.25, 0.3) is 5.69 Å². The number of hydrogen-bond donors (Lipinski definition) is 2. The molecule has 2 amide bonds. The van der Waals surface area contributed by atoms with Gasteiger partial charge in [-0.25, -0.2) is 4.79 Å². The van der Waals surface area contributed by atoms with Crippen LogP contribution in [-0.2, 0) is 4.74 Å². The van der Waals surface area contributed by atoms with Crippen molar-refractivity contribution < 1.29 is 14.3 Å². The molecule has 0 spiro atoms. The average Bonchev–Trinajstić information content (AvgIpc) is 3.04. The Bertz CT molecular complexity index is 671. The molecule has 6 nitrogen and oxygen atoms in total. The summed E-state index contributed by atoms with van der Waals surface area (Å²) in [5, 5.41) is 5.35. The van der Waals surface area contributed by atoms with Gasteiger partial charge in [0, 0.05) is 36.7 Å². The van der Waals surface area contributed by atoms with Gasteiger partial charge in [-0.05, 0) is 57.2 Å². The summed E-state index contributed by atoms with van der Waals surface area (Å²) >= 11 is 0. The zero-order valence-electron chi connectivity index (χ0n) is 14.2. The number of carbonyl (C=O) groups is 2. The molecule has 2 N–H and O–H groups in total. The van der Waals surface area contributed by atoms with Crippen molar-refractivity contribution in [1.29, 1.82) is 0 Å². The van der Waals surface area contributed by atoms with Crippen LogP contribution >= 0.6 is 0 Å². The Morgan fingerprint density at radius 2 is 1.58 bits per heavy atom. The summed E-state index contributed by atoms with van der Waals surface area (Å²) < 4.78 is 7.08. The van der Waals surface area contributed by atoms with Crippen LogP contribution in [0.3, 0.4) is 0 Å². The van der Waals surface area contributed by atoms with E-state index in [-0.39, 0.29) is 5.91 Å².